The quantitative estimate of drug-likeness (QED) is 0.755. The molecular formula is C14H17BrClNO. The zero-order valence-electron chi connectivity index (χ0n) is 10.6. The highest BCUT2D eigenvalue weighted by Crippen LogP contribution is 2.26. The minimum Gasteiger partial charge on any atom is -0.338 e. The number of benzene rings is 1. The second-order valence-electron chi connectivity index (χ2n) is 5.28. The molecule has 1 amide bonds. The van der Waals surface area contributed by atoms with E-state index in [1.807, 2.05) is 11.0 Å². The number of halogens is 2. The molecule has 1 aromatic carbocycles. The van der Waals surface area contributed by atoms with Crippen LogP contribution in [0.3, 0.4) is 0 Å². The molecule has 1 fully saturated rings. The average Bonchev–Trinajstić information content (AvgIpc) is 2.30. The molecule has 0 aliphatic carbocycles. The first kappa shape index (κ1) is 13.9. The summed E-state index contributed by atoms with van der Waals surface area (Å²) in [5.74, 6) is 1.20. The summed E-state index contributed by atoms with van der Waals surface area (Å²) in [6, 6.07) is 5.34. The molecular weight excluding hydrogens is 314 g/mol. The summed E-state index contributed by atoms with van der Waals surface area (Å²) in [4.78, 5) is 14.4. The molecule has 1 aromatic rings. The Hall–Kier alpha value is -0.540. The lowest BCUT2D eigenvalue weighted by molar-refractivity contribution is 0.0622. The standard InChI is InChI=1S/C14H17BrClNO/c1-9-5-10(2)8-17(7-9)14(18)12-6-11(16)3-4-13(12)15/h3-4,6,9-10H,5,7-8H2,1-2H3. The molecule has 2 unspecified atom stereocenters. The van der Waals surface area contributed by atoms with Gasteiger partial charge < -0.3 is 4.90 Å². The molecule has 2 nitrogen and oxygen atoms in total. The topological polar surface area (TPSA) is 20.3 Å². The summed E-state index contributed by atoms with van der Waals surface area (Å²) >= 11 is 9.39. The van der Waals surface area contributed by atoms with Gasteiger partial charge in [0.15, 0.2) is 0 Å². The summed E-state index contributed by atoms with van der Waals surface area (Å²) in [5.41, 5.74) is 0.656. The number of carbonyl (C=O) groups excluding carboxylic acids is 1. The van der Waals surface area contributed by atoms with Gasteiger partial charge in [0.1, 0.15) is 0 Å². The van der Waals surface area contributed by atoms with E-state index < -0.39 is 0 Å². The lowest BCUT2D eigenvalue weighted by Crippen LogP contribution is -2.42. The summed E-state index contributed by atoms with van der Waals surface area (Å²) in [5, 5.41) is 0.597. The number of hydrogen-bond acceptors (Lipinski definition) is 1. The van der Waals surface area contributed by atoms with Gasteiger partial charge in [-0.05, 0) is 52.4 Å². The Morgan fingerprint density at radius 2 is 1.94 bits per heavy atom. The van der Waals surface area contributed by atoms with Gasteiger partial charge in [-0.15, -0.1) is 0 Å². The number of rotatable bonds is 1. The average molecular weight is 331 g/mol. The Kier molecular flexibility index (Phi) is 4.33. The number of piperidine rings is 1. The van der Waals surface area contributed by atoms with E-state index in [4.69, 9.17) is 11.6 Å². The molecule has 1 heterocycles. The maximum Gasteiger partial charge on any atom is 0.255 e. The largest absolute Gasteiger partial charge is 0.338 e. The second kappa shape index (κ2) is 5.62. The fraction of sp³-hybridized carbons (Fsp3) is 0.500. The van der Waals surface area contributed by atoms with E-state index in [0.717, 1.165) is 17.6 Å². The molecule has 0 bridgehead atoms. The Bertz CT molecular complexity index is 453. The molecule has 0 spiro atoms. The van der Waals surface area contributed by atoms with Gasteiger partial charge in [0.2, 0.25) is 0 Å². The predicted octanol–water partition coefficient (Wildman–Crippen LogP) is 4.22. The monoisotopic (exact) mass is 329 g/mol. The number of carbonyl (C=O) groups is 1. The Labute approximate surface area is 121 Å². The van der Waals surface area contributed by atoms with Gasteiger partial charge in [-0.25, -0.2) is 0 Å². The van der Waals surface area contributed by atoms with Crippen LogP contribution in [0.2, 0.25) is 5.02 Å². The molecule has 0 aromatic heterocycles. The van der Waals surface area contributed by atoms with Crippen molar-refractivity contribution in [1.82, 2.24) is 4.90 Å². The van der Waals surface area contributed by atoms with E-state index in [-0.39, 0.29) is 5.91 Å². The van der Waals surface area contributed by atoms with Gasteiger partial charge in [-0.3, -0.25) is 4.79 Å². The second-order valence-corrected chi connectivity index (χ2v) is 6.57. The predicted molar refractivity (Wildman–Crippen MR) is 78.0 cm³/mol. The number of amides is 1. The van der Waals surface area contributed by atoms with Crippen LogP contribution >= 0.6 is 27.5 Å². The van der Waals surface area contributed by atoms with Crippen LogP contribution in [0.1, 0.15) is 30.6 Å². The normalized spacial score (nSPS) is 24.1. The van der Waals surface area contributed by atoms with Crippen LogP contribution in [-0.2, 0) is 0 Å². The molecule has 4 heteroatoms. The zero-order chi connectivity index (χ0) is 13.3. The molecule has 98 valence electrons. The molecule has 0 N–H and O–H groups in total. The molecule has 0 saturated carbocycles. The summed E-state index contributed by atoms with van der Waals surface area (Å²) < 4.78 is 0.808. The van der Waals surface area contributed by atoms with Gasteiger partial charge in [0.25, 0.3) is 5.91 Å². The Morgan fingerprint density at radius 1 is 1.33 bits per heavy atom. The first-order valence-electron chi connectivity index (χ1n) is 6.21. The van der Waals surface area contributed by atoms with Crippen LogP contribution in [0.25, 0.3) is 0 Å². The Balaban J connectivity index is 2.22. The molecule has 2 rings (SSSR count). The number of likely N-dealkylation sites (tertiary alicyclic amines) is 1. The third-order valence-corrected chi connectivity index (χ3v) is 4.24. The SMILES string of the molecule is CC1CC(C)CN(C(=O)c2cc(Cl)ccc2Br)C1. The van der Waals surface area contributed by atoms with Gasteiger partial charge in [0, 0.05) is 22.6 Å². The fourth-order valence-corrected chi connectivity index (χ4v) is 3.25. The third kappa shape index (κ3) is 3.07. The lowest BCUT2D eigenvalue weighted by Gasteiger charge is -2.35. The highest BCUT2D eigenvalue weighted by atomic mass is 79.9. The van der Waals surface area contributed by atoms with Crippen molar-refractivity contribution in [3.05, 3.63) is 33.3 Å². The van der Waals surface area contributed by atoms with E-state index in [9.17, 15) is 4.79 Å². The molecule has 1 saturated heterocycles. The van der Waals surface area contributed by atoms with Crippen LogP contribution < -0.4 is 0 Å². The van der Waals surface area contributed by atoms with Crippen molar-refractivity contribution in [1.29, 1.82) is 0 Å². The van der Waals surface area contributed by atoms with Gasteiger partial charge >= 0.3 is 0 Å². The third-order valence-electron chi connectivity index (χ3n) is 3.31. The molecule has 0 radical (unpaired) electrons. The van der Waals surface area contributed by atoms with E-state index in [0.29, 0.717) is 22.4 Å². The maximum atomic E-state index is 12.5. The fourth-order valence-electron chi connectivity index (χ4n) is 2.66. The van der Waals surface area contributed by atoms with E-state index in [1.54, 1.807) is 12.1 Å². The minimum atomic E-state index is 0.0720. The van der Waals surface area contributed by atoms with Crippen LogP contribution in [0.4, 0.5) is 0 Å². The molecule has 1 aliphatic rings. The van der Waals surface area contributed by atoms with E-state index >= 15 is 0 Å². The number of nitrogens with zero attached hydrogens (tertiary/aromatic N) is 1. The zero-order valence-corrected chi connectivity index (χ0v) is 13.0. The van der Waals surface area contributed by atoms with Gasteiger partial charge in [0.05, 0.1) is 5.56 Å². The molecule has 18 heavy (non-hydrogen) atoms. The van der Waals surface area contributed by atoms with E-state index in [2.05, 4.69) is 29.8 Å². The van der Waals surface area contributed by atoms with Crippen molar-refractivity contribution in [2.75, 3.05) is 13.1 Å². The Morgan fingerprint density at radius 3 is 2.56 bits per heavy atom. The van der Waals surface area contributed by atoms with Crippen LogP contribution in [-0.4, -0.2) is 23.9 Å². The first-order valence-corrected chi connectivity index (χ1v) is 7.38. The summed E-state index contributed by atoms with van der Waals surface area (Å²) in [6.45, 7) is 6.07. The highest BCUT2D eigenvalue weighted by molar-refractivity contribution is 9.10. The highest BCUT2D eigenvalue weighted by Gasteiger charge is 2.27. The van der Waals surface area contributed by atoms with Crippen molar-refractivity contribution in [2.45, 2.75) is 20.3 Å². The number of hydrogen-bond donors (Lipinski definition) is 0. The van der Waals surface area contributed by atoms with E-state index in [1.165, 1.54) is 6.42 Å². The van der Waals surface area contributed by atoms with Crippen LogP contribution in [0, 0.1) is 11.8 Å². The molecule has 1 aliphatic heterocycles. The van der Waals surface area contributed by atoms with Crippen molar-refractivity contribution >= 4 is 33.4 Å². The van der Waals surface area contributed by atoms with Crippen LogP contribution in [0.15, 0.2) is 22.7 Å². The summed E-state index contributed by atoms with van der Waals surface area (Å²) in [7, 11) is 0. The van der Waals surface area contributed by atoms with Crippen molar-refractivity contribution in [2.24, 2.45) is 11.8 Å². The smallest absolute Gasteiger partial charge is 0.255 e. The lowest BCUT2D eigenvalue weighted by atomic mass is 9.91. The van der Waals surface area contributed by atoms with Crippen LogP contribution in [0.5, 0.6) is 0 Å². The summed E-state index contributed by atoms with van der Waals surface area (Å²) in [6.07, 6.45) is 1.19. The maximum absolute atomic E-state index is 12.5. The van der Waals surface area contributed by atoms with Crippen molar-refractivity contribution in [3.8, 4) is 0 Å². The van der Waals surface area contributed by atoms with Gasteiger partial charge in [-0.2, -0.15) is 0 Å². The minimum absolute atomic E-state index is 0.0720. The molecule has 2 atom stereocenters. The van der Waals surface area contributed by atoms with Gasteiger partial charge in [-0.1, -0.05) is 25.4 Å². The first-order chi connectivity index (χ1) is 8.47. The van der Waals surface area contributed by atoms with Crippen molar-refractivity contribution in [3.63, 3.8) is 0 Å². The van der Waals surface area contributed by atoms with Crippen molar-refractivity contribution < 1.29 is 4.79 Å².